The number of hydrogen-bond donors (Lipinski definition) is 4. The van der Waals surface area contributed by atoms with Crippen molar-refractivity contribution in [3.8, 4) is 11.5 Å². The Kier molecular flexibility index (Phi) is 9.59. The van der Waals surface area contributed by atoms with E-state index in [0.29, 0.717) is 12.5 Å². The Morgan fingerprint density at radius 3 is 1.58 bits per heavy atom. The fourth-order valence-corrected chi connectivity index (χ4v) is 15.2. The lowest BCUT2D eigenvalue weighted by Gasteiger charge is -2.65. The summed E-state index contributed by atoms with van der Waals surface area (Å²) >= 11 is 0. The van der Waals surface area contributed by atoms with E-state index in [4.69, 9.17) is 9.47 Å². The fraction of sp³-hybridized carbons (Fsp3) is 0.660. The Labute approximate surface area is 340 Å². The molecule has 0 radical (unpaired) electrons. The predicted octanol–water partition coefficient (Wildman–Crippen LogP) is 5.11. The van der Waals surface area contributed by atoms with Crippen molar-refractivity contribution in [2.75, 3.05) is 70.9 Å². The standard InChI is InChI=1S/C24H34N2O2.C22H30N2O4.CH4/c1-6-22-11-8-13-26-14-12-23(20(22)26)18-10-9-17(28-5)15-19(18)25(4)21(23)24(27,7-2)16(22)3;1-4-20-8-5-10-24-11-9-21(17(20)24)15-7-6-14(28-3)12-16(15)23(2)18(21)22(27,13-25)19(20)26;/h8-11,15-16,20-21,27H,6-7,12-14H2,1-5H3;5-8,12,17-19,25-27H,4,9-11,13H2,1-3H3;1H4/t16-,20+,21-,22+,23-,24+;17-,18+,19+,20+,21+,22+;/m10./s1. The van der Waals surface area contributed by atoms with Gasteiger partial charge in [-0.2, -0.15) is 0 Å². The first-order valence-corrected chi connectivity index (χ1v) is 21.2. The Balaban J connectivity index is 0.000000157. The second-order valence-electron chi connectivity index (χ2n) is 18.5. The summed E-state index contributed by atoms with van der Waals surface area (Å²) in [6.45, 7) is 12.3. The smallest absolute Gasteiger partial charge is 0.135 e. The van der Waals surface area contributed by atoms with Crippen molar-refractivity contribution in [2.24, 2.45) is 16.7 Å². The molecular formula is C47H68N4O6. The van der Waals surface area contributed by atoms with E-state index in [2.05, 4.69) is 103 Å². The van der Waals surface area contributed by atoms with E-state index in [0.717, 1.165) is 69.0 Å². The summed E-state index contributed by atoms with van der Waals surface area (Å²) in [5.74, 6) is 1.87. The highest BCUT2D eigenvalue weighted by Gasteiger charge is 2.77. The van der Waals surface area contributed by atoms with Gasteiger partial charge in [-0.3, -0.25) is 9.80 Å². The fourth-order valence-electron chi connectivity index (χ4n) is 15.2. The van der Waals surface area contributed by atoms with Gasteiger partial charge in [0.05, 0.1) is 44.6 Å². The molecule has 2 spiro atoms. The van der Waals surface area contributed by atoms with Gasteiger partial charge in [0.25, 0.3) is 0 Å². The van der Waals surface area contributed by atoms with E-state index in [9.17, 15) is 20.4 Å². The van der Waals surface area contributed by atoms with Crippen molar-refractivity contribution in [2.45, 2.75) is 120 Å². The number of anilines is 2. The summed E-state index contributed by atoms with van der Waals surface area (Å²) in [6.07, 6.45) is 12.6. The minimum atomic E-state index is -1.62. The van der Waals surface area contributed by atoms with Gasteiger partial charge in [0.2, 0.25) is 0 Å². The van der Waals surface area contributed by atoms with Crippen molar-refractivity contribution in [3.63, 3.8) is 0 Å². The number of benzene rings is 2. The van der Waals surface area contributed by atoms with Gasteiger partial charge in [-0.15, -0.1) is 0 Å². The first kappa shape index (κ1) is 40.7. The summed E-state index contributed by atoms with van der Waals surface area (Å²) < 4.78 is 11.0. The molecule has 2 saturated carbocycles. The summed E-state index contributed by atoms with van der Waals surface area (Å²) in [5, 5.41) is 46.1. The molecular weight excluding hydrogens is 717 g/mol. The second kappa shape index (κ2) is 13.4. The van der Waals surface area contributed by atoms with Gasteiger partial charge in [0.1, 0.15) is 17.1 Å². The van der Waals surface area contributed by atoms with E-state index < -0.39 is 35.4 Å². The van der Waals surface area contributed by atoms with Crippen LogP contribution in [-0.2, 0) is 10.8 Å². The van der Waals surface area contributed by atoms with Crippen molar-refractivity contribution < 1.29 is 29.9 Å². The molecule has 2 aliphatic carbocycles. The number of likely N-dealkylation sites (N-methyl/N-ethyl adjacent to an activating group) is 2. The number of methoxy groups -OCH3 is 2. The van der Waals surface area contributed by atoms with Gasteiger partial charge < -0.3 is 39.7 Å². The average Bonchev–Trinajstić information content (AvgIpc) is 3.96. The number of ether oxygens (including phenoxy) is 2. The molecule has 0 aromatic heterocycles. The normalized spacial score (nSPS) is 42.9. The molecule has 4 fully saturated rings. The van der Waals surface area contributed by atoms with Gasteiger partial charge in [0, 0.05) is 84.4 Å². The van der Waals surface area contributed by atoms with Crippen LogP contribution < -0.4 is 19.3 Å². The molecule has 10 heteroatoms. The highest BCUT2D eigenvalue weighted by Crippen LogP contribution is 2.69. The average molecular weight is 785 g/mol. The Hall–Kier alpha value is -3.12. The molecule has 6 aliphatic heterocycles. The van der Waals surface area contributed by atoms with Crippen LogP contribution in [0.3, 0.4) is 0 Å². The van der Waals surface area contributed by atoms with E-state index in [-0.39, 0.29) is 41.7 Å². The number of aliphatic hydroxyl groups is 4. The van der Waals surface area contributed by atoms with Gasteiger partial charge in [-0.25, -0.2) is 0 Å². The summed E-state index contributed by atoms with van der Waals surface area (Å²) in [6, 6.07) is 12.9. The highest BCUT2D eigenvalue weighted by atomic mass is 16.5. The largest absolute Gasteiger partial charge is 0.497 e. The van der Waals surface area contributed by atoms with E-state index in [1.54, 1.807) is 14.2 Å². The molecule has 2 saturated heterocycles. The van der Waals surface area contributed by atoms with Crippen LogP contribution in [-0.4, -0.2) is 133 Å². The van der Waals surface area contributed by atoms with E-state index in [1.807, 2.05) is 19.2 Å². The third kappa shape index (κ3) is 4.58. The molecule has 2 aromatic carbocycles. The predicted molar refractivity (Wildman–Crippen MR) is 227 cm³/mol. The Bertz CT molecular complexity index is 1820. The third-order valence-corrected chi connectivity index (χ3v) is 17.3. The van der Waals surface area contributed by atoms with Crippen molar-refractivity contribution in [1.82, 2.24) is 9.80 Å². The van der Waals surface area contributed by atoms with Crippen molar-refractivity contribution in [3.05, 3.63) is 71.8 Å². The lowest BCUT2D eigenvalue weighted by molar-refractivity contribution is -0.213. The third-order valence-electron chi connectivity index (χ3n) is 17.3. The summed E-state index contributed by atoms with van der Waals surface area (Å²) in [7, 11) is 7.54. The number of hydrogen-bond acceptors (Lipinski definition) is 10. The first-order chi connectivity index (χ1) is 26.8. The van der Waals surface area contributed by atoms with Crippen LogP contribution in [0.5, 0.6) is 11.5 Å². The maximum absolute atomic E-state index is 12.3. The van der Waals surface area contributed by atoms with Crippen LogP contribution in [0, 0.1) is 16.7 Å². The molecule has 10 nitrogen and oxygen atoms in total. The molecule has 10 rings (SSSR count). The maximum Gasteiger partial charge on any atom is 0.135 e. The highest BCUT2D eigenvalue weighted by molar-refractivity contribution is 5.71. The molecule has 8 aliphatic rings. The van der Waals surface area contributed by atoms with Crippen LogP contribution in [0.15, 0.2) is 60.7 Å². The lowest BCUT2D eigenvalue weighted by atomic mass is 9.45. The zero-order valence-electron chi connectivity index (χ0n) is 34.7. The molecule has 0 bridgehead atoms. The van der Waals surface area contributed by atoms with Gasteiger partial charge in [0.15, 0.2) is 0 Å². The molecule has 4 N–H and O–H groups in total. The zero-order valence-corrected chi connectivity index (χ0v) is 34.7. The summed E-state index contributed by atoms with van der Waals surface area (Å²) in [5.41, 5.74) is 1.56. The van der Waals surface area contributed by atoms with Gasteiger partial charge in [-0.05, 0) is 74.4 Å². The van der Waals surface area contributed by atoms with Gasteiger partial charge >= 0.3 is 0 Å². The Morgan fingerprint density at radius 2 is 1.14 bits per heavy atom. The minimum absolute atomic E-state index is 0. The van der Waals surface area contributed by atoms with Crippen molar-refractivity contribution >= 4 is 11.4 Å². The second-order valence-corrected chi connectivity index (χ2v) is 18.5. The molecule has 6 heterocycles. The summed E-state index contributed by atoms with van der Waals surface area (Å²) in [4.78, 5) is 9.62. The molecule has 12 atom stereocenters. The van der Waals surface area contributed by atoms with Crippen LogP contribution in [0.4, 0.5) is 11.4 Å². The topological polar surface area (TPSA) is 112 Å². The van der Waals surface area contributed by atoms with E-state index in [1.165, 1.54) is 16.8 Å². The number of nitrogens with zero attached hydrogens (tertiary/aromatic N) is 4. The van der Waals surface area contributed by atoms with Gasteiger partial charge in [-0.1, -0.05) is 71.6 Å². The minimum Gasteiger partial charge on any atom is -0.497 e. The van der Waals surface area contributed by atoms with Crippen LogP contribution in [0.2, 0.25) is 0 Å². The van der Waals surface area contributed by atoms with Crippen LogP contribution in [0.1, 0.15) is 78.4 Å². The SMILES string of the molecule is C.CC[C@]1(O)[C@H](C)[C@]2(CC)C=CCN3CC[C@@]4(c5ccc(OC)cc5N(C)[C@@H]14)[C@@H]32.CC[C@]12C=CCN3CC[C@@]4(c5ccc(OC)cc5N(C)[C@H]4[C@](O)(CO)[C@@H]1O)[C@@H]32. The lowest BCUT2D eigenvalue weighted by Crippen LogP contribution is -2.79. The van der Waals surface area contributed by atoms with Crippen molar-refractivity contribution in [1.29, 1.82) is 0 Å². The number of rotatable bonds is 6. The monoisotopic (exact) mass is 785 g/mol. The maximum atomic E-state index is 12.3. The van der Waals surface area contributed by atoms with Crippen LogP contribution >= 0.6 is 0 Å². The quantitative estimate of drug-likeness (QED) is 0.295. The molecule has 0 amide bonds. The van der Waals surface area contributed by atoms with Crippen LogP contribution in [0.25, 0.3) is 0 Å². The first-order valence-electron chi connectivity index (χ1n) is 21.2. The van der Waals surface area contributed by atoms with E-state index >= 15 is 0 Å². The number of fused-ring (bicyclic) bond motifs is 2. The molecule has 2 aromatic rings. The molecule has 57 heavy (non-hydrogen) atoms. The zero-order chi connectivity index (χ0) is 39.8. The molecule has 312 valence electrons. The number of aliphatic hydroxyl groups excluding tert-OH is 2. The Morgan fingerprint density at radius 1 is 0.684 bits per heavy atom. The molecule has 0 unspecified atom stereocenters.